The van der Waals surface area contributed by atoms with Crippen molar-refractivity contribution < 1.29 is 19.1 Å². The van der Waals surface area contributed by atoms with E-state index in [1.807, 2.05) is 6.92 Å². The van der Waals surface area contributed by atoms with Crippen LogP contribution in [0.25, 0.3) is 0 Å². The summed E-state index contributed by atoms with van der Waals surface area (Å²) in [6, 6.07) is 0. The second kappa shape index (κ2) is 9.63. The normalized spacial score (nSPS) is 9.47. The monoisotopic (exact) mass is 240 g/mol. The molecule has 4 heteroatoms. The van der Waals surface area contributed by atoms with Gasteiger partial charge in [-0.1, -0.05) is 26.5 Å². The fourth-order valence-corrected chi connectivity index (χ4v) is 1.03. The topological polar surface area (TPSA) is 52.6 Å². The van der Waals surface area contributed by atoms with Gasteiger partial charge in [0.15, 0.2) is 0 Å². The maximum atomic E-state index is 11.4. The van der Waals surface area contributed by atoms with E-state index < -0.39 is 5.97 Å². The molecule has 0 unspecified atom stereocenters. The van der Waals surface area contributed by atoms with Crippen LogP contribution in [0.2, 0.25) is 0 Å². The van der Waals surface area contributed by atoms with E-state index in [-0.39, 0.29) is 12.6 Å². The number of unbranched alkanes of at least 4 members (excludes halogenated alkanes) is 1. The molecule has 0 aliphatic rings. The van der Waals surface area contributed by atoms with Crippen LogP contribution in [0.1, 0.15) is 32.6 Å². The van der Waals surface area contributed by atoms with Crippen molar-refractivity contribution in [1.29, 1.82) is 0 Å². The molecule has 0 rings (SSSR count). The molecule has 0 atom stereocenters. The number of ether oxygens (including phenoxy) is 2. The van der Waals surface area contributed by atoms with E-state index in [2.05, 4.69) is 13.2 Å². The molecular weight excluding hydrogens is 220 g/mol. The fraction of sp³-hybridized carbons (Fsp3) is 0.538. The summed E-state index contributed by atoms with van der Waals surface area (Å²) in [7, 11) is 0. The molecule has 0 spiro atoms. The lowest BCUT2D eigenvalue weighted by Crippen LogP contribution is -2.09. The average molecular weight is 240 g/mol. The Morgan fingerprint density at radius 3 is 2.41 bits per heavy atom. The van der Waals surface area contributed by atoms with Crippen LogP contribution in [0.5, 0.6) is 0 Å². The average Bonchev–Trinajstić information content (AvgIpc) is 2.34. The van der Waals surface area contributed by atoms with Gasteiger partial charge in [0.2, 0.25) is 0 Å². The highest BCUT2D eigenvalue weighted by Gasteiger charge is 2.08. The molecule has 0 fully saturated rings. The van der Waals surface area contributed by atoms with Crippen molar-refractivity contribution in [2.24, 2.45) is 0 Å². The van der Waals surface area contributed by atoms with E-state index in [1.165, 1.54) is 0 Å². The molecule has 0 heterocycles. The molecule has 0 aromatic heterocycles. The maximum Gasteiger partial charge on any atom is 0.333 e. The minimum atomic E-state index is -0.457. The third kappa shape index (κ3) is 8.25. The molecule has 0 amide bonds. The van der Waals surface area contributed by atoms with Crippen molar-refractivity contribution in [3.8, 4) is 0 Å². The van der Waals surface area contributed by atoms with E-state index in [1.54, 1.807) is 0 Å². The Balaban J connectivity index is 3.60. The molecule has 0 aromatic carbocycles. The highest BCUT2D eigenvalue weighted by molar-refractivity contribution is 5.87. The predicted octanol–water partition coefficient (Wildman–Crippen LogP) is 2.40. The summed E-state index contributed by atoms with van der Waals surface area (Å²) in [5.74, 6) is -0.824. The van der Waals surface area contributed by atoms with Gasteiger partial charge in [-0.05, 0) is 19.3 Å². The van der Waals surface area contributed by atoms with Crippen LogP contribution >= 0.6 is 0 Å². The predicted molar refractivity (Wildman–Crippen MR) is 65.4 cm³/mol. The number of carbonyl (C=O) groups excluding carboxylic acids is 2. The van der Waals surface area contributed by atoms with Gasteiger partial charge >= 0.3 is 11.9 Å². The summed E-state index contributed by atoms with van der Waals surface area (Å²) in [6.45, 7) is 9.62. The lowest BCUT2D eigenvalue weighted by Gasteiger charge is -2.06. The van der Waals surface area contributed by atoms with E-state index in [9.17, 15) is 9.59 Å². The van der Waals surface area contributed by atoms with E-state index >= 15 is 0 Å². The van der Waals surface area contributed by atoms with Gasteiger partial charge in [0.25, 0.3) is 0 Å². The highest BCUT2D eigenvalue weighted by atomic mass is 16.5. The zero-order valence-corrected chi connectivity index (χ0v) is 10.4. The Morgan fingerprint density at radius 1 is 1.18 bits per heavy atom. The van der Waals surface area contributed by atoms with Crippen molar-refractivity contribution in [2.75, 3.05) is 13.2 Å². The lowest BCUT2D eigenvalue weighted by molar-refractivity contribution is -0.139. The third-order valence-electron chi connectivity index (χ3n) is 2.05. The molecule has 17 heavy (non-hydrogen) atoms. The first-order valence-electron chi connectivity index (χ1n) is 5.75. The number of rotatable bonds is 9. The van der Waals surface area contributed by atoms with Gasteiger partial charge in [-0.15, -0.1) is 0 Å². The van der Waals surface area contributed by atoms with E-state index in [0.717, 1.165) is 18.9 Å². The molecule has 0 saturated carbocycles. The van der Waals surface area contributed by atoms with Crippen LogP contribution in [0.4, 0.5) is 0 Å². The summed E-state index contributed by atoms with van der Waals surface area (Å²) in [5.41, 5.74) is 0.413. The Morgan fingerprint density at radius 2 is 1.82 bits per heavy atom. The van der Waals surface area contributed by atoms with Gasteiger partial charge in [0.1, 0.15) is 0 Å². The third-order valence-corrected chi connectivity index (χ3v) is 2.05. The Hall–Kier alpha value is -1.58. The molecule has 0 N–H and O–H groups in total. The van der Waals surface area contributed by atoms with Crippen LogP contribution in [-0.2, 0) is 19.1 Å². The number of carbonyl (C=O) groups is 2. The van der Waals surface area contributed by atoms with E-state index in [4.69, 9.17) is 9.47 Å². The number of esters is 2. The first kappa shape index (κ1) is 15.4. The van der Waals surface area contributed by atoms with Crippen LogP contribution in [-0.4, -0.2) is 25.2 Å². The summed E-state index contributed by atoms with van der Waals surface area (Å²) in [5, 5.41) is 0. The Bertz CT molecular complexity index is 281. The quantitative estimate of drug-likeness (QED) is 0.353. The van der Waals surface area contributed by atoms with Gasteiger partial charge < -0.3 is 9.47 Å². The van der Waals surface area contributed by atoms with Crippen LogP contribution < -0.4 is 0 Å². The maximum absolute atomic E-state index is 11.4. The fourth-order valence-electron chi connectivity index (χ4n) is 1.03. The molecule has 0 aromatic rings. The molecule has 0 saturated heterocycles. The van der Waals surface area contributed by atoms with Crippen LogP contribution in [0, 0.1) is 0 Å². The molecule has 0 radical (unpaired) electrons. The Kier molecular flexibility index (Phi) is 8.74. The first-order chi connectivity index (χ1) is 8.11. The van der Waals surface area contributed by atoms with Crippen molar-refractivity contribution in [3.63, 3.8) is 0 Å². The molecular formula is C13H20O4. The van der Waals surface area contributed by atoms with Gasteiger partial charge in [0.05, 0.1) is 13.2 Å². The van der Waals surface area contributed by atoms with Crippen molar-refractivity contribution in [2.45, 2.75) is 32.6 Å². The second-order valence-electron chi connectivity index (χ2n) is 3.57. The molecule has 4 nitrogen and oxygen atoms in total. The van der Waals surface area contributed by atoms with Gasteiger partial charge in [-0.25, -0.2) is 9.59 Å². The van der Waals surface area contributed by atoms with E-state index in [0.29, 0.717) is 25.0 Å². The number of hydrogen-bond acceptors (Lipinski definition) is 4. The summed E-state index contributed by atoms with van der Waals surface area (Å²) in [6.07, 6.45) is 3.97. The van der Waals surface area contributed by atoms with Crippen LogP contribution in [0.15, 0.2) is 24.8 Å². The SMILES string of the molecule is C=CC(=O)OCCCC(=C)C(=O)OCCCC. The van der Waals surface area contributed by atoms with Gasteiger partial charge in [-0.2, -0.15) is 0 Å². The highest BCUT2D eigenvalue weighted by Crippen LogP contribution is 2.05. The van der Waals surface area contributed by atoms with Crippen molar-refractivity contribution in [1.82, 2.24) is 0 Å². The number of hydrogen-bond donors (Lipinski definition) is 0. The van der Waals surface area contributed by atoms with Gasteiger partial charge in [-0.3, -0.25) is 0 Å². The molecule has 0 aliphatic carbocycles. The van der Waals surface area contributed by atoms with Gasteiger partial charge in [0, 0.05) is 11.6 Å². The minimum Gasteiger partial charge on any atom is -0.463 e. The first-order valence-corrected chi connectivity index (χ1v) is 5.75. The minimum absolute atomic E-state index is 0.256. The Labute approximate surface area is 102 Å². The largest absolute Gasteiger partial charge is 0.463 e. The molecule has 96 valence electrons. The second-order valence-corrected chi connectivity index (χ2v) is 3.57. The lowest BCUT2D eigenvalue weighted by atomic mass is 10.2. The smallest absolute Gasteiger partial charge is 0.333 e. The summed E-state index contributed by atoms with van der Waals surface area (Å²) in [4.78, 5) is 22.1. The van der Waals surface area contributed by atoms with Crippen molar-refractivity contribution in [3.05, 3.63) is 24.8 Å². The molecule has 0 bridgehead atoms. The standard InChI is InChI=1S/C13H20O4/c1-4-6-9-17-13(15)11(3)8-7-10-16-12(14)5-2/h5H,2-4,6-10H2,1H3. The van der Waals surface area contributed by atoms with Crippen LogP contribution in [0.3, 0.4) is 0 Å². The van der Waals surface area contributed by atoms with Crippen molar-refractivity contribution >= 4 is 11.9 Å². The molecule has 0 aliphatic heterocycles. The zero-order valence-electron chi connectivity index (χ0n) is 10.4. The zero-order chi connectivity index (χ0) is 13.1. The summed E-state index contributed by atoms with van der Waals surface area (Å²) < 4.78 is 9.75. The summed E-state index contributed by atoms with van der Waals surface area (Å²) >= 11 is 0.